The van der Waals surface area contributed by atoms with Crippen molar-refractivity contribution in [2.45, 2.75) is 23.1 Å². The fraction of sp³-hybridized carbons (Fsp3) is 0.800. The Kier molecular flexibility index (Phi) is 4.99. The summed E-state index contributed by atoms with van der Waals surface area (Å²) in [6.07, 6.45) is -0.232. The fourth-order valence-corrected chi connectivity index (χ4v) is 1.66. The van der Waals surface area contributed by atoms with Gasteiger partial charge in [-0.3, -0.25) is 0 Å². The smallest absolute Gasteiger partial charge is 0.345 e. The van der Waals surface area contributed by atoms with Crippen LogP contribution < -0.4 is 0 Å². The Morgan fingerprint density at radius 2 is 1.42 bits per heavy atom. The van der Waals surface area contributed by atoms with Crippen molar-refractivity contribution in [2.75, 3.05) is 26.4 Å². The molecule has 2 heterocycles. The molecule has 2 rings (SSSR count). The van der Waals surface area contributed by atoms with Crippen molar-refractivity contribution in [3.05, 3.63) is 0 Å². The second kappa shape index (κ2) is 6.53. The number of epoxide rings is 2. The quantitative estimate of drug-likeness (QED) is 0.305. The summed E-state index contributed by atoms with van der Waals surface area (Å²) >= 11 is 0.340. The third kappa shape index (κ3) is 5.33. The van der Waals surface area contributed by atoms with Gasteiger partial charge in [0.2, 0.25) is 10.9 Å². The van der Waals surface area contributed by atoms with Crippen molar-refractivity contribution in [3.8, 4) is 0 Å². The first-order valence-electron chi connectivity index (χ1n) is 5.64. The highest BCUT2D eigenvalue weighted by Gasteiger charge is 2.31. The average molecular weight is 294 g/mol. The lowest BCUT2D eigenvalue weighted by Gasteiger charge is -2.13. The highest BCUT2D eigenvalue weighted by atomic mass is 32.2. The zero-order valence-electron chi connectivity index (χ0n) is 9.89. The molecule has 9 heteroatoms. The maximum atomic E-state index is 11.3. The molecule has 108 valence electrons. The molecule has 0 aliphatic carbocycles. The Morgan fingerprint density at radius 1 is 1.05 bits per heavy atom. The Hall–Kier alpha value is -0.870. The molecule has 4 unspecified atom stereocenters. The van der Waals surface area contributed by atoms with Crippen molar-refractivity contribution >= 4 is 23.7 Å². The lowest BCUT2D eigenvalue weighted by atomic mass is 10.5. The summed E-state index contributed by atoms with van der Waals surface area (Å²) in [6, 6.07) is 0. The van der Waals surface area contributed by atoms with Gasteiger partial charge in [0.1, 0.15) is 25.4 Å². The molecule has 8 nitrogen and oxygen atoms in total. The number of esters is 2. The van der Waals surface area contributed by atoms with Crippen molar-refractivity contribution in [1.29, 1.82) is 0 Å². The van der Waals surface area contributed by atoms with Crippen LogP contribution in [0.25, 0.3) is 0 Å². The predicted molar refractivity (Wildman–Crippen MR) is 61.0 cm³/mol. The summed E-state index contributed by atoms with van der Waals surface area (Å²) < 4.78 is 19.0. The van der Waals surface area contributed by atoms with Crippen LogP contribution in [0, 0.1) is 0 Å². The molecule has 0 bridgehead atoms. The van der Waals surface area contributed by atoms with Gasteiger partial charge >= 0.3 is 11.9 Å². The molecule has 0 amide bonds. The topological polar surface area (TPSA) is 118 Å². The van der Waals surface area contributed by atoms with Crippen LogP contribution in [-0.4, -0.2) is 71.7 Å². The Labute approximate surface area is 113 Å². The van der Waals surface area contributed by atoms with Gasteiger partial charge in [-0.05, 0) is 0 Å². The SMILES string of the molecule is O=C(OCC1CO1)C(O)SC(O)C(=O)OCC1CO1. The molecule has 2 aliphatic heterocycles. The van der Waals surface area contributed by atoms with Crippen LogP contribution in [0.15, 0.2) is 0 Å². The molecule has 0 radical (unpaired) electrons. The summed E-state index contributed by atoms with van der Waals surface area (Å²) in [5, 5.41) is 18.8. The Balaban J connectivity index is 1.62. The minimum Gasteiger partial charge on any atom is -0.460 e. The van der Waals surface area contributed by atoms with Crippen LogP contribution >= 0.6 is 11.8 Å². The number of ether oxygens (including phenoxy) is 4. The highest BCUT2D eigenvalue weighted by Crippen LogP contribution is 2.18. The second-order valence-electron chi connectivity index (χ2n) is 4.01. The summed E-state index contributed by atoms with van der Waals surface area (Å²) in [7, 11) is 0. The number of aliphatic hydroxyl groups is 2. The first-order valence-corrected chi connectivity index (χ1v) is 6.58. The number of carbonyl (C=O) groups is 2. The van der Waals surface area contributed by atoms with E-state index < -0.39 is 22.8 Å². The van der Waals surface area contributed by atoms with E-state index in [0.717, 1.165) is 0 Å². The van der Waals surface area contributed by atoms with Gasteiger partial charge in [-0.25, -0.2) is 9.59 Å². The summed E-state index contributed by atoms with van der Waals surface area (Å²) in [6.45, 7) is 1.15. The average Bonchev–Trinajstić information content (AvgIpc) is 3.27. The van der Waals surface area contributed by atoms with Crippen LogP contribution in [0.3, 0.4) is 0 Å². The van der Waals surface area contributed by atoms with Crippen LogP contribution in [0.2, 0.25) is 0 Å². The third-order valence-electron chi connectivity index (χ3n) is 2.29. The summed E-state index contributed by atoms with van der Waals surface area (Å²) in [5.41, 5.74) is -3.31. The molecular weight excluding hydrogens is 280 g/mol. The van der Waals surface area contributed by atoms with E-state index in [9.17, 15) is 19.8 Å². The lowest BCUT2D eigenvalue weighted by molar-refractivity contribution is -0.150. The molecule has 0 saturated carbocycles. The summed E-state index contributed by atoms with van der Waals surface area (Å²) in [4.78, 5) is 22.6. The molecule has 19 heavy (non-hydrogen) atoms. The number of hydrogen-bond acceptors (Lipinski definition) is 9. The molecule has 2 N–H and O–H groups in total. The maximum Gasteiger partial charge on any atom is 0.345 e. The van der Waals surface area contributed by atoms with Gasteiger partial charge < -0.3 is 29.2 Å². The lowest BCUT2D eigenvalue weighted by Crippen LogP contribution is -2.29. The van der Waals surface area contributed by atoms with E-state index in [0.29, 0.717) is 25.0 Å². The molecule has 2 saturated heterocycles. The summed E-state index contributed by atoms with van der Waals surface area (Å²) in [5.74, 6) is -1.87. The van der Waals surface area contributed by atoms with Crippen molar-refractivity contribution in [2.24, 2.45) is 0 Å². The maximum absolute atomic E-state index is 11.3. The molecule has 0 aromatic carbocycles. The molecule has 2 fully saturated rings. The number of rotatable bonds is 8. The normalized spacial score (nSPS) is 27.3. The first-order chi connectivity index (χ1) is 9.06. The number of aliphatic hydroxyl groups excluding tert-OH is 2. The van der Waals surface area contributed by atoms with E-state index in [4.69, 9.17) is 18.9 Å². The third-order valence-corrected chi connectivity index (χ3v) is 3.19. The van der Waals surface area contributed by atoms with E-state index in [-0.39, 0.29) is 25.4 Å². The van der Waals surface area contributed by atoms with Gasteiger partial charge in [-0.2, -0.15) is 0 Å². The number of carbonyl (C=O) groups excluding carboxylic acids is 2. The van der Waals surface area contributed by atoms with E-state index in [1.807, 2.05) is 0 Å². The van der Waals surface area contributed by atoms with Gasteiger partial charge in [0.05, 0.1) is 13.2 Å². The van der Waals surface area contributed by atoms with Crippen LogP contribution in [0.5, 0.6) is 0 Å². The van der Waals surface area contributed by atoms with Crippen molar-refractivity contribution in [3.63, 3.8) is 0 Å². The van der Waals surface area contributed by atoms with Crippen molar-refractivity contribution in [1.82, 2.24) is 0 Å². The van der Waals surface area contributed by atoms with Crippen LogP contribution in [0.1, 0.15) is 0 Å². The number of hydrogen-bond donors (Lipinski definition) is 2. The van der Waals surface area contributed by atoms with Crippen LogP contribution in [0.4, 0.5) is 0 Å². The second-order valence-corrected chi connectivity index (χ2v) is 5.18. The fourth-order valence-electron chi connectivity index (χ4n) is 1.05. The Bertz CT molecular complexity index is 308. The molecule has 2 aliphatic rings. The molecule has 4 atom stereocenters. The first kappa shape index (κ1) is 14.5. The minimum absolute atomic E-state index is 0.0516. The highest BCUT2D eigenvalue weighted by molar-refractivity contribution is 8.01. The molecule has 0 aromatic rings. The predicted octanol–water partition coefficient (Wildman–Crippen LogP) is -1.76. The number of thioether (sulfide) groups is 1. The monoisotopic (exact) mass is 294 g/mol. The van der Waals surface area contributed by atoms with E-state index in [2.05, 4.69) is 0 Å². The molecule has 0 aromatic heterocycles. The Morgan fingerprint density at radius 3 is 1.74 bits per heavy atom. The van der Waals surface area contributed by atoms with Gasteiger partial charge in [-0.15, -0.1) is 0 Å². The van der Waals surface area contributed by atoms with Crippen molar-refractivity contribution < 1.29 is 38.7 Å². The standard InChI is InChI=1S/C10H14O8S/c11-7(17-3-5-1-15-5)9(13)19-10(14)8(12)18-4-6-2-16-6/h5-6,9-10,13-14H,1-4H2. The van der Waals surface area contributed by atoms with Crippen LogP contribution in [-0.2, 0) is 28.5 Å². The van der Waals surface area contributed by atoms with E-state index in [1.165, 1.54) is 0 Å². The zero-order chi connectivity index (χ0) is 13.8. The minimum atomic E-state index is -1.65. The van der Waals surface area contributed by atoms with E-state index in [1.54, 1.807) is 0 Å². The van der Waals surface area contributed by atoms with Gasteiger partial charge in [0.25, 0.3) is 0 Å². The zero-order valence-corrected chi connectivity index (χ0v) is 10.7. The molecule has 0 spiro atoms. The largest absolute Gasteiger partial charge is 0.460 e. The van der Waals surface area contributed by atoms with E-state index >= 15 is 0 Å². The van der Waals surface area contributed by atoms with Gasteiger partial charge in [-0.1, -0.05) is 11.8 Å². The molecular formula is C10H14O8S. The van der Waals surface area contributed by atoms with Gasteiger partial charge in [0.15, 0.2) is 0 Å². The van der Waals surface area contributed by atoms with Gasteiger partial charge in [0, 0.05) is 0 Å².